The molecule has 0 radical (unpaired) electrons. The third-order valence-corrected chi connectivity index (χ3v) is 5.94. The van der Waals surface area contributed by atoms with Crippen LogP contribution < -0.4 is 15.8 Å². The minimum Gasteiger partial charge on any atom is -0.492 e. The predicted molar refractivity (Wildman–Crippen MR) is 112 cm³/mol. The number of hydrogen-bond donors (Lipinski definition) is 2. The van der Waals surface area contributed by atoms with Gasteiger partial charge in [0, 0.05) is 19.8 Å². The highest BCUT2D eigenvalue weighted by Gasteiger charge is 2.31. The Bertz CT molecular complexity index is 916. The summed E-state index contributed by atoms with van der Waals surface area (Å²) in [5.74, 6) is -0.228. The number of carbonyl (C=O) groups excluding carboxylic acids is 1. The normalized spacial score (nSPS) is 13.4. The SMILES string of the molecule is CCOc1ccc(NC(=O)C(C)(N)c2ccccc2)cc1S(=O)(=O)N(C)C.Cl. The van der Waals surface area contributed by atoms with Gasteiger partial charge in [-0.25, -0.2) is 12.7 Å². The lowest BCUT2D eigenvalue weighted by Gasteiger charge is -2.24. The van der Waals surface area contributed by atoms with Crippen LogP contribution in [-0.2, 0) is 20.4 Å². The van der Waals surface area contributed by atoms with Gasteiger partial charge in [0.05, 0.1) is 6.61 Å². The second-order valence-corrected chi connectivity index (χ2v) is 8.52. The quantitative estimate of drug-likeness (QED) is 0.707. The fourth-order valence-corrected chi connectivity index (χ4v) is 3.49. The van der Waals surface area contributed by atoms with E-state index in [1.54, 1.807) is 44.2 Å². The molecule has 2 aromatic rings. The summed E-state index contributed by atoms with van der Waals surface area (Å²) < 4.78 is 31.7. The summed E-state index contributed by atoms with van der Waals surface area (Å²) in [7, 11) is -0.883. The molecule has 2 rings (SSSR count). The molecule has 1 atom stereocenters. The third kappa shape index (κ3) is 5.02. The molecule has 28 heavy (non-hydrogen) atoms. The maximum Gasteiger partial charge on any atom is 0.248 e. The van der Waals surface area contributed by atoms with Crippen LogP contribution >= 0.6 is 12.4 Å². The molecule has 0 aromatic heterocycles. The van der Waals surface area contributed by atoms with Crippen molar-refractivity contribution in [2.45, 2.75) is 24.3 Å². The van der Waals surface area contributed by atoms with Gasteiger partial charge in [-0.15, -0.1) is 12.4 Å². The number of carbonyl (C=O) groups is 1. The fraction of sp³-hybridized carbons (Fsp3) is 0.316. The number of hydrogen-bond acceptors (Lipinski definition) is 5. The zero-order valence-corrected chi connectivity index (χ0v) is 17.9. The van der Waals surface area contributed by atoms with Crippen molar-refractivity contribution in [2.24, 2.45) is 5.73 Å². The number of nitrogens with zero attached hydrogens (tertiary/aromatic N) is 1. The number of sulfonamides is 1. The van der Waals surface area contributed by atoms with Crippen molar-refractivity contribution < 1.29 is 17.9 Å². The molecule has 1 unspecified atom stereocenters. The second-order valence-electron chi connectivity index (χ2n) is 6.40. The van der Waals surface area contributed by atoms with Crippen molar-refractivity contribution in [3.63, 3.8) is 0 Å². The van der Waals surface area contributed by atoms with E-state index >= 15 is 0 Å². The Morgan fingerprint density at radius 1 is 1.18 bits per heavy atom. The molecule has 0 saturated carbocycles. The Kier molecular flexibility index (Phi) is 8.01. The lowest BCUT2D eigenvalue weighted by molar-refractivity contribution is -0.120. The van der Waals surface area contributed by atoms with Crippen LogP contribution in [0.1, 0.15) is 19.4 Å². The third-order valence-electron chi connectivity index (χ3n) is 4.11. The van der Waals surface area contributed by atoms with Crippen molar-refractivity contribution >= 4 is 34.0 Å². The summed E-state index contributed by atoms with van der Waals surface area (Å²) in [6, 6.07) is 13.4. The smallest absolute Gasteiger partial charge is 0.248 e. The first-order valence-electron chi connectivity index (χ1n) is 8.46. The fourth-order valence-electron chi connectivity index (χ4n) is 2.44. The highest BCUT2D eigenvalue weighted by molar-refractivity contribution is 7.89. The summed E-state index contributed by atoms with van der Waals surface area (Å²) in [4.78, 5) is 12.7. The number of ether oxygens (including phenoxy) is 1. The molecule has 154 valence electrons. The number of nitrogens with one attached hydrogen (secondary N) is 1. The highest BCUT2D eigenvalue weighted by Crippen LogP contribution is 2.30. The number of anilines is 1. The van der Waals surface area contributed by atoms with Gasteiger partial charge in [0.2, 0.25) is 15.9 Å². The van der Waals surface area contributed by atoms with Gasteiger partial charge >= 0.3 is 0 Å². The number of rotatable bonds is 7. The van der Waals surface area contributed by atoms with Crippen LogP contribution in [0.3, 0.4) is 0 Å². The molecule has 0 fully saturated rings. The van der Waals surface area contributed by atoms with Crippen molar-refractivity contribution in [1.29, 1.82) is 0 Å². The van der Waals surface area contributed by atoms with Gasteiger partial charge in [-0.05, 0) is 37.6 Å². The Hall–Kier alpha value is -2.13. The maximum atomic E-state index is 12.7. The molecule has 3 N–H and O–H groups in total. The van der Waals surface area contributed by atoms with E-state index in [-0.39, 0.29) is 23.1 Å². The van der Waals surface area contributed by atoms with Gasteiger partial charge in [-0.2, -0.15) is 0 Å². The molecule has 0 aliphatic heterocycles. The molecular weight excluding hydrogens is 402 g/mol. The van der Waals surface area contributed by atoms with Gasteiger partial charge in [0.1, 0.15) is 16.2 Å². The molecule has 0 heterocycles. The molecule has 0 bridgehead atoms. The van der Waals surface area contributed by atoms with Crippen molar-refractivity contribution in [3.05, 3.63) is 54.1 Å². The molecule has 0 spiro atoms. The summed E-state index contributed by atoms with van der Waals surface area (Å²) in [6.07, 6.45) is 0. The molecule has 0 aliphatic rings. The van der Waals surface area contributed by atoms with Gasteiger partial charge in [-0.3, -0.25) is 4.79 Å². The van der Waals surface area contributed by atoms with E-state index in [4.69, 9.17) is 10.5 Å². The first kappa shape index (κ1) is 23.9. The molecule has 2 aromatic carbocycles. The lowest BCUT2D eigenvalue weighted by Crippen LogP contribution is -2.45. The van der Waals surface area contributed by atoms with E-state index in [0.29, 0.717) is 17.9 Å². The number of nitrogens with two attached hydrogens (primary N) is 1. The van der Waals surface area contributed by atoms with Crippen LogP contribution in [0.5, 0.6) is 5.75 Å². The Labute approximate surface area is 172 Å². The van der Waals surface area contributed by atoms with Gasteiger partial charge in [-0.1, -0.05) is 30.3 Å². The Morgan fingerprint density at radius 3 is 2.32 bits per heavy atom. The number of halogens is 1. The zero-order valence-electron chi connectivity index (χ0n) is 16.3. The standard InChI is InChI=1S/C19H25N3O4S.ClH/c1-5-26-16-12-11-15(13-17(16)27(24,25)22(3)4)21-18(23)19(2,20)14-9-7-6-8-10-14;/h6-13H,5,20H2,1-4H3,(H,21,23);1H. The Balaban J connectivity index is 0.00000392. The largest absolute Gasteiger partial charge is 0.492 e. The summed E-state index contributed by atoms with van der Waals surface area (Å²) in [5.41, 5.74) is 5.90. The summed E-state index contributed by atoms with van der Waals surface area (Å²) >= 11 is 0. The van der Waals surface area contributed by atoms with E-state index < -0.39 is 21.5 Å². The molecule has 1 amide bonds. The summed E-state index contributed by atoms with van der Waals surface area (Å²) in [6.45, 7) is 3.68. The van der Waals surface area contributed by atoms with Crippen LogP contribution in [0.4, 0.5) is 5.69 Å². The van der Waals surface area contributed by atoms with Gasteiger partial charge in [0.25, 0.3) is 0 Å². The average molecular weight is 428 g/mol. The molecule has 0 saturated heterocycles. The Morgan fingerprint density at radius 2 is 1.79 bits per heavy atom. The van der Waals surface area contributed by atoms with Crippen LogP contribution in [0.25, 0.3) is 0 Å². The van der Waals surface area contributed by atoms with E-state index in [1.165, 1.54) is 26.2 Å². The van der Waals surface area contributed by atoms with E-state index in [0.717, 1.165) is 4.31 Å². The summed E-state index contributed by atoms with van der Waals surface area (Å²) in [5, 5.41) is 2.70. The zero-order chi connectivity index (χ0) is 20.2. The topological polar surface area (TPSA) is 102 Å². The minimum absolute atomic E-state index is 0. The minimum atomic E-state index is -3.75. The van der Waals surface area contributed by atoms with Crippen LogP contribution in [0, 0.1) is 0 Å². The lowest BCUT2D eigenvalue weighted by atomic mass is 9.92. The van der Waals surface area contributed by atoms with E-state index in [1.807, 2.05) is 6.07 Å². The van der Waals surface area contributed by atoms with Crippen molar-refractivity contribution in [1.82, 2.24) is 4.31 Å². The van der Waals surface area contributed by atoms with Crippen LogP contribution in [0.2, 0.25) is 0 Å². The van der Waals surface area contributed by atoms with Gasteiger partial charge in [0.15, 0.2) is 0 Å². The van der Waals surface area contributed by atoms with Crippen LogP contribution in [0.15, 0.2) is 53.4 Å². The number of benzene rings is 2. The first-order valence-corrected chi connectivity index (χ1v) is 9.90. The molecular formula is C19H26ClN3O4S. The van der Waals surface area contributed by atoms with Crippen molar-refractivity contribution in [3.8, 4) is 5.75 Å². The van der Waals surface area contributed by atoms with Crippen LogP contribution in [-0.4, -0.2) is 39.3 Å². The monoisotopic (exact) mass is 427 g/mol. The average Bonchev–Trinajstić information content (AvgIpc) is 2.63. The van der Waals surface area contributed by atoms with Gasteiger partial charge < -0.3 is 15.8 Å². The first-order chi connectivity index (χ1) is 12.6. The maximum absolute atomic E-state index is 12.7. The molecule has 7 nitrogen and oxygen atoms in total. The molecule has 0 aliphatic carbocycles. The highest BCUT2D eigenvalue weighted by atomic mass is 35.5. The van der Waals surface area contributed by atoms with Crippen molar-refractivity contribution in [2.75, 3.05) is 26.0 Å². The second kappa shape index (κ2) is 9.38. The van der Waals surface area contributed by atoms with E-state index in [9.17, 15) is 13.2 Å². The predicted octanol–water partition coefficient (Wildman–Crippen LogP) is 2.57. The molecule has 9 heteroatoms. The number of amides is 1. The van der Waals surface area contributed by atoms with E-state index in [2.05, 4.69) is 5.32 Å².